The topological polar surface area (TPSA) is 87.4 Å². The number of hydrogen-bond acceptors (Lipinski definition) is 5. The average Bonchev–Trinajstić information content (AvgIpc) is 3.28. The van der Waals surface area contributed by atoms with E-state index >= 15 is 0 Å². The molecule has 0 bridgehead atoms. The van der Waals surface area contributed by atoms with E-state index in [1.807, 2.05) is 66.7 Å². The molecule has 5 rings (SSSR count). The van der Waals surface area contributed by atoms with Crippen LogP contribution in [0.5, 0.6) is 5.75 Å². The molecule has 3 N–H and O–H groups in total. The van der Waals surface area contributed by atoms with Crippen molar-refractivity contribution in [3.63, 3.8) is 0 Å². The van der Waals surface area contributed by atoms with Gasteiger partial charge >= 0.3 is 0 Å². The standard InChI is InChI=1S/C27H19N3O3S/c31-23-16-20(14-15-21(23)26-29-22-8-4-5-9-24(22)33-26)28-27(34)30-25(32)19-12-10-18(11-13-19)17-6-2-1-3-7-17/h1-16,31H,(H2,28,30,32,34). The van der Waals surface area contributed by atoms with Crippen LogP contribution in [0.25, 0.3) is 33.7 Å². The van der Waals surface area contributed by atoms with Gasteiger partial charge in [0.05, 0.1) is 5.56 Å². The van der Waals surface area contributed by atoms with Crippen molar-refractivity contribution in [1.29, 1.82) is 0 Å². The number of thiocarbonyl (C=S) groups is 1. The molecule has 0 radical (unpaired) electrons. The van der Waals surface area contributed by atoms with E-state index in [1.54, 1.807) is 24.3 Å². The number of carbonyl (C=O) groups excluding carboxylic acids is 1. The van der Waals surface area contributed by atoms with Gasteiger partial charge in [-0.2, -0.15) is 0 Å². The van der Waals surface area contributed by atoms with Crippen LogP contribution in [0.4, 0.5) is 5.69 Å². The Morgan fingerprint density at radius 2 is 1.56 bits per heavy atom. The third kappa shape index (κ3) is 4.51. The number of benzene rings is 4. The number of phenols is 1. The number of rotatable bonds is 4. The third-order valence-corrected chi connectivity index (χ3v) is 5.47. The summed E-state index contributed by atoms with van der Waals surface area (Å²) < 4.78 is 5.72. The number of oxazole rings is 1. The zero-order valence-corrected chi connectivity index (χ0v) is 18.7. The summed E-state index contributed by atoms with van der Waals surface area (Å²) in [7, 11) is 0. The second-order valence-corrected chi connectivity index (χ2v) is 7.98. The summed E-state index contributed by atoms with van der Waals surface area (Å²) in [5, 5.41) is 16.2. The van der Waals surface area contributed by atoms with Gasteiger partial charge in [0, 0.05) is 17.3 Å². The molecule has 1 heterocycles. The molecule has 5 aromatic rings. The number of para-hydroxylation sites is 2. The summed E-state index contributed by atoms with van der Waals surface area (Å²) in [6.07, 6.45) is 0. The molecule has 1 aromatic heterocycles. The van der Waals surface area contributed by atoms with Gasteiger partial charge in [0.25, 0.3) is 5.91 Å². The number of aromatic nitrogens is 1. The van der Waals surface area contributed by atoms with E-state index in [-0.39, 0.29) is 16.8 Å². The molecule has 0 fully saturated rings. The molecular formula is C27H19N3O3S. The monoisotopic (exact) mass is 465 g/mol. The Balaban J connectivity index is 1.24. The zero-order valence-electron chi connectivity index (χ0n) is 17.9. The fourth-order valence-corrected chi connectivity index (χ4v) is 3.77. The van der Waals surface area contributed by atoms with Crippen LogP contribution in [-0.2, 0) is 0 Å². The molecule has 0 unspecified atom stereocenters. The molecule has 0 aliphatic carbocycles. The minimum absolute atomic E-state index is 0.0258. The van der Waals surface area contributed by atoms with Gasteiger partial charge in [-0.1, -0.05) is 54.6 Å². The van der Waals surface area contributed by atoms with Crippen molar-refractivity contribution in [2.45, 2.75) is 0 Å². The molecule has 0 spiro atoms. The van der Waals surface area contributed by atoms with Crippen molar-refractivity contribution >= 4 is 40.0 Å². The lowest BCUT2D eigenvalue weighted by atomic mass is 10.0. The smallest absolute Gasteiger partial charge is 0.257 e. The van der Waals surface area contributed by atoms with Gasteiger partial charge in [0.1, 0.15) is 11.3 Å². The summed E-state index contributed by atoms with van der Waals surface area (Å²) in [5.41, 5.74) is 4.90. The number of carbonyl (C=O) groups is 1. The molecule has 4 aromatic carbocycles. The molecule has 0 saturated carbocycles. The fraction of sp³-hybridized carbons (Fsp3) is 0. The first-order chi connectivity index (χ1) is 16.6. The first-order valence-corrected chi connectivity index (χ1v) is 10.9. The Morgan fingerprint density at radius 3 is 2.29 bits per heavy atom. The van der Waals surface area contributed by atoms with Crippen LogP contribution in [0.3, 0.4) is 0 Å². The predicted molar refractivity (Wildman–Crippen MR) is 137 cm³/mol. The van der Waals surface area contributed by atoms with Crippen LogP contribution in [0.15, 0.2) is 101 Å². The first kappa shape index (κ1) is 21.4. The number of nitrogens with one attached hydrogen (secondary N) is 2. The van der Waals surface area contributed by atoms with E-state index in [0.29, 0.717) is 33.8 Å². The zero-order chi connectivity index (χ0) is 23.5. The third-order valence-electron chi connectivity index (χ3n) is 5.26. The number of anilines is 1. The van der Waals surface area contributed by atoms with E-state index in [1.165, 1.54) is 6.07 Å². The largest absolute Gasteiger partial charge is 0.507 e. The Kier molecular flexibility index (Phi) is 5.76. The summed E-state index contributed by atoms with van der Waals surface area (Å²) in [6, 6.07) is 29.5. The number of fused-ring (bicyclic) bond motifs is 1. The molecule has 34 heavy (non-hydrogen) atoms. The van der Waals surface area contributed by atoms with Gasteiger partial charge in [0.15, 0.2) is 10.7 Å². The van der Waals surface area contributed by atoms with Crippen molar-refractivity contribution in [1.82, 2.24) is 10.3 Å². The molecule has 0 aliphatic heterocycles. The van der Waals surface area contributed by atoms with Gasteiger partial charge < -0.3 is 14.8 Å². The van der Waals surface area contributed by atoms with Crippen LogP contribution >= 0.6 is 12.2 Å². The highest BCUT2D eigenvalue weighted by molar-refractivity contribution is 7.80. The van der Waals surface area contributed by atoms with E-state index in [9.17, 15) is 9.90 Å². The SMILES string of the molecule is O=C(NC(=S)Nc1ccc(-c2nc3ccccc3o2)c(O)c1)c1ccc(-c2ccccc2)cc1. The Bertz CT molecular complexity index is 1460. The number of amides is 1. The Morgan fingerprint density at radius 1 is 0.853 bits per heavy atom. The number of nitrogens with zero attached hydrogens (tertiary/aromatic N) is 1. The van der Waals surface area contributed by atoms with Gasteiger partial charge in [-0.3, -0.25) is 10.1 Å². The van der Waals surface area contributed by atoms with E-state index in [4.69, 9.17) is 16.6 Å². The molecule has 7 heteroatoms. The highest BCUT2D eigenvalue weighted by Crippen LogP contribution is 2.33. The first-order valence-electron chi connectivity index (χ1n) is 10.5. The maximum atomic E-state index is 12.6. The van der Waals surface area contributed by atoms with Crippen molar-refractivity contribution in [2.75, 3.05) is 5.32 Å². The van der Waals surface area contributed by atoms with Crippen molar-refractivity contribution in [3.05, 3.63) is 103 Å². The molecule has 1 amide bonds. The quantitative estimate of drug-likeness (QED) is 0.283. The Hall–Kier alpha value is -4.49. The molecule has 0 atom stereocenters. The van der Waals surface area contributed by atoms with Crippen molar-refractivity contribution < 1.29 is 14.3 Å². The molecule has 166 valence electrons. The normalized spacial score (nSPS) is 10.7. The highest BCUT2D eigenvalue weighted by Gasteiger charge is 2.14. The maximum Gasteiger partial charge on any atom is 0.257 e. The molecule has 0 saturated heterocycles. The van der Waals surface area contributed by atoms with Crippen LogP contribution in [0, 0.1) is 0 Å². The number of hydrogen-bond donors (Lipinski definition) is 3. The van der Waals surface area contributed by atoms with Gasteiger partial charge in [-0.05, 0) is 59.7 Å². The second kappa shape index (κ2) is 9.17. The van der Waals surface area contributed by atoms with Gasteiger partial charge in [0.2, 0.25) is 5.89 Å². The Labute approximate surface area is 200 Å². The minimum Gasteiger partial charge on any atom is -0.507 e. The summed E-state index contributed by atoms with van der Waals surface area (Å²) in [6.45, 7) is 0. The maximum absolute atomic E-state index is 12.6. The lowest BCUT2D eigenvalue weighted by Crippen LogP contribution is -2.34. The second-order valence-electron chi connectivity index (χ2n) is 7.57. The van der Waals surface area contributed by atoms with Crippen molar-refractivity contribution in [3.8, 4) is 28.3 Å². The summed E-state index contributed by atoms with van der Waals surface area (Å²) in [5.74, 6) is -0.0355. The van der Waals surface area contributed by atoms with Crippen LogP contribution in [-0.4, -0.2) is 21.1 Å². The lowest BCUT2D eigenvalue weighted by Gasteiger charge is -2.11. The molecule has 6 nitrogen and oxygen atoms in total. The average molecular weight is 466 g/mol. The molecule has 0 aliphatic rings. The van der Waals surface area contributed by atoms with E-state index < -0.39 is 0 Å². The van der Waals surface area contributed by atoms with Gasteiger partial charge in [-0.15, -0.1) is 0 Å². The fourth-order valence-electron chi connectivity index (χ4n) is 3.56. The molecular weight excluding hydrogens is 446 g/mol. The number of aromatic hydroxyl groups is 1. The van der Waals surface area contributed by atoms with Crippen molar-refractivity contribution in [2.24, 2.45) is 0 Å². The predicted octanol–water partition coefficient (Wildman–Crippen LogP) is 5.99. The van der Waals surface area contributed by atoms with Crippen LogP contribution in [0.2, 0.25) is 0 Å². The lowest BCUT2D eigenvalue weighted by molar-refractivity contribution is 0.0977. The van der Waals surface area contributed by atoms with E-state index in [2.05, 4.69) is 15.6 Å². The summed E-state index contributed by atoms with van der Waals surface area (Å²) in [4.78, 5) is 17.0. The van der Waals surface area contributed by atoms with Gasteiger partial charge in [-0.25, -0.2) is 4.98 Å². The highest BCUT2D eigenvalue weighted by atomic mass is 32.1. The number of phenolic OH excluding ortho intramolecular Hbond substituents is 1. The minimum atomic E-state index is -0.329. The summed E-state index contributed by atoms with van der Waals surface area (Å²) >= 11 is 5.27. The van der Waals surface area contributed by atoms with E-state index in [0.717, 1.165) is 11.1 Å². The van der Waals surface area contributed by atoms with Crippen LogP contribution < -0.4 is 10.6 Å². The van der Waals surface area contributed by atoms with Crippen LogP contribution in [0.1, 0.15) is 10.4 Å².